The smallest absolute Gasteiger partial charge is 0.282 e. The van der Waals surface area contributed by atoms with Gasteiger partial charge >= 0.3 is 0 Å². The van der Waals surface area contributed by atoms with Crippen molar-refractivity contribution in [3.8, 4) is 5.75 Å². The highest BCUT2D eigenvalue weighted by atomic mass is 19.2. The maximum absolute atomic E-state index is 13.8. The molecule has 3 aromatic rings. The van der Waals surface area contributed by atoms with Crippen molar-refractivity contribution in [1.29, 1.82) is 0 Å². The van der Waals surface area contributed by atoms with Gasteiger partial charge in [0.25, 0.3) is 5.91 Å². The van der Waals surface area contributed by atoms with E-state index >= 15 is 0 Å². The van der Waals surface area contributed by atoms with E-state index in [2.05, 4.69) is 5.32 Å². The summed E-state index contributed by atoms with van der Waals surface area (Å²) < 4.78 is 45.4. The van der Waals surface area contributed by atoms with E-state index in [0.717, 1.165) is 39.1 Å². The zero-order chi connectivity index (χ0) is 21.1. The molecule has 0 aromatic heterocycles. The molecule has 0 aliphatic rings. The van der Waals surface area contributed by atoms with Crippen molar-refractivity contribution in [3.05, 3.63) is 71.5 Å². The molecule has 0 heterocycles. The first-order valence-electron chi connectivity index (χ1n) is 9.13. The van der Waals surface area contributed by atoms with Crippen LogP contribution in [0.1, 0.15) is 12.5 Å². The van der Waals surface area contributed by atoms with Gasteiger partial charge in [0.2, 0.25) is 0 Å². The van der Waals surface area contributed by atoms with Crippen LogP contribution in [0.25, 0.3) is 10.8 Å². The Morgan fingerprint density at radius 2 is 1.72 bits per heavy atom. The Bertz CT molecular complexity index is 1060. The fraction of sp³-hybridized carbons (Fsp3) is 0.227. The van der Waals surface area contributed by atoms with Crippen molar-refractivity contribution in [2.24, 2.45) is 0 Å². The SMILES string of the molecule is COc1ccc2cc(C[NH+](C)[C@H](C)C(=O)Nc3ccc(F)c(F)c3F)ccc2c1. The van der Waals surface area contributed by atoms with E-state index in [-0.39, 0.29) is 5.69 Å². The molecule has 0 spiro atoms. The second-order valence-corrected chi connectivity index (χ2v) is 7.00. The Balaban J connectivity index is 1.69. The normalized spacial score (nSPS) is 13.2. The van der Waals surface area contributed by atoms with E-state index in [1.54, 1.807) is 14.0 Å². The van der Waals surface area contributed by atoms with Crippen molar-refractivity contribution in [3.63, 3.8) is 0 Å². The van der Waals surface area contributed by atoms with E-state index in [4.69, 9.17) is 4.74 Å². The second-order valence-electron chi connectivity index (χ2n) is 7.00. The number of halogens is 3. The van der Waals surface area contributed by atoms with Crippen LogP contribution in [-0.2, 0) is 11.3 Å². The molecule has 7 heteroatoms. The Morgan fingerprint density at radius 3 is 2.45 bits per heavy atom. The van der Waals surface area contributed by atoms with Gasteiger partial charge in [0, 0.05) is 5.56 Å². The lowest BCUT2D eigenvalue weighted by Crippen LogP contribution is -3.12. The first kappa shape index (κ1) is 20.7. The molecular formula is C22H22F3N2O2+. The largest absolute Gasteiger partial charge is 0.497 e. The van der Waals surface area contributed by atoms with Crippen molar-refractivity contribution >= 4 is 22.4 Å². The number of benzene rings is 3. The van der Waals surface area contributed by atoms with Crippen molar-refractivity contribution in [1.82, 2.24) is 0 Å². The molecule has 3 rings (SSSR count). The molecule has 1 unspecified atom stereocenters. The van der Waals surface area contributed by atoms with Gasteiger partial charge in [-0.25, -0.2) is 13.2 Å². The highest BCUT2D eigenvalue weighted by Crippen LogP contribution is 2.22. The number of carbonyl (C=O) groups excluding carboxylic acids is 1. The van der Waals surface area contributed by atoms with Crippen LogP contribution < -0.4 is 15.0 Å². The Labute approximate surface area is 166 Å². The predicted octanol–water partition coefficient (Wildman–Crippen LogP) is 3.31. The third-order valence-corrected chi connectivity index (χ3v) is 5.02. The molecule has 0 aliphatic heterocycles. The molecule has 152 valence electrons. The van der Waals surface area contributed by atoms with Gasteiger partial charge < -0.3 is 15.0 Å². The van der Waals surface area contributed by atoms with Gasteiger partial charge in [0.15, 0.2) is 23.5 Å². The van der Waals surface area contributed by atoms with E-state index in [1.807, 2.05) is 43.4 Å². The number of carbonyl (C=O) groups is 1. The molecule has 0 radical (unpaired) electrons. The molecule has 2 N–H and O–H groups in total. The lowest BCUT2D eigenvalue weighted by molar-refractivity contribution is -0.907. The molecule has 0 aliphatic carbocycles. The van der Waals surface area contributed by atoms with Crippen LogP contribution in [0, 0.1) is 17.5 Å². The summed E-state index contributed by atoms with van der Waals surface area (Å²) in [5.41, 5.74) is 0.645. The minimum Gasteiger partial charge on any atom is -0.497 e. The molecule has 0 saturated carbocycles. The Kier molecular flexibility index (Phi) is 6.08. The summed E-state index contributed by atoms with van der Waals surface area (Å²) in [6, 6.07) is 13.0. The number of anilines is 1. The summed E-state index contributed by atoms with van der Waals surface area (Å²) in [5, 5.41) is 4.43. The first-order chi connectivity index (χ1) is 13.8. The van der Waals surface area contributed by atoms with Crippen molar-refractivity contribution in [2.45, 2.75) is 19.5 Å². The predicted molar refractivity (Wildman–Crippen MR) is 105 cm³/mol. The topological polar surface area (TPSA) is 42.8 Å². The molecule has 1 amide bonds. The number of likely N-dealkylation sites (N-methyl/N-ethyl adjacent to an activating group) is 1. The molecule has 4 nitrogen and oxygen atoms in total. The third kappa shape index (κ3) is 4.51. The second kappa shape index (κ2) is 8.53. The van der Waals surface area contributed by atoms with Crippen LogP contribution in [0.4, 0.5) is 18.9 Å². The van der Waals surface area contributed by atoms with E-state index in [9.17, 15) is 18.0 Å². The lowest BCUT2D eigenvalue weighted by atomic mass is 10.1. The van der Waals surface area contributed by atoms with E-state index in [0.29, 0.717) is 6.54 Å². The fourth-order valence-corrected chi connectivity index (χ4v) is 3.07. The monoisotopic (exact) mass is 403 g/mol. The fourth-order valence-electron chi connectivity index (χ4n) is 3.07. The first-order valence-corrected chi connectivity index (χ1v) is 9.13. The van der Waals surface area contributed by atoms with E-state index in [1.165, 1.54) is 0 Å². The van der Waals surface area contributed by atoms with Gasteiger partial charge in [-0.15, -0.1) is 0 Å². The number of methoxy groups -OCH3 is 1. The quantitative estimate of drug-likeness (QED) is 0.621. The zero-order valence-electron chi connectivity index (χ0n) is 16.4. The van der Waals surface area contributed by atoms with Crippen LogP contribution >= 0.6 is 0 Å². The third-order valence-electron chi connectivity index (χ3n) is 5.02. The number of rotatable bonds is 6. The summed E-state index contributed by atoms with van der Waals surface area (Å²) in [6.07, 6.45) is 0. The van der Waals surface area contributed by atoms with Gasteiger partial charge in [0.1, 0.15) is 12.3 Å². The summed E-state index contributed by atoms with van der Waals surface area (Å²) in [5.74, 6) is -4.02. The Hall–Kier alpha value is -3.06. The number of ether oxygens (including phenoxy) is 1. The summed E-state index contributed by atoms with van der Waals surface area (Å²) in [4.78, 5) is 13.3. The van der Waals surface area contributed by atoms with Gasteiger partial charge in [-0.05, 0) is 48.0 Å². The van der Waals surface area contributed by atoms with Crippen LogP contribution in [0.5, 0.6) is 5.75 Å². The molecule has 0 bridgehead atoms. The van der Waals surface area contributed by atoms with E-state index < -0.39 is 29.4 Å². The highest BCUT2D eigenvalue weighted by molar-refractivity contribution is 5.93. The molecular weight excluding hydrogens is 381 g/mol. The summed E-state index contributed by atoms with van der Waals surface area (Å²) in [7, 11) is 3.45. The Morgan fingerprint density at radius 1 is 1.03 bits per heavy atom. The average Bonchev–Trinajstić information content (AvgIpc) is 2.73. The van der Waals surface area contributed by atoms with Crippen LogP contribution in [0.2, 0.25) is 0 Å². The summed E-state index contributed by atoms with van der Waals surface area (Å²) >= 11 is 0. The number of hydrogen-bond acceptors (Lipinski definition) is 2. The highest BCUT2D eigenvalue weighted by Gasteiger charge is 2.24. The number of fused-ring (bicyclic) bond motifs is 1. The average molecular weight is 403 g/mol. The standard InChI is InChI=1S/C22H21F3N2O2/c1-13(22(28)26-19-9-8-18(23)20(24)21(19)25)27(2)12-14-4-5-16-11-17(29-3)7-6-15(16)10-14/h4-11,13H,12H2,1-3H3,(H,26,28)/p+1/t13-/m1/s1. The molecule has 3 aromatic carbocycles. The van der Waals surface area contributed by atoms with Gasteiger partial charge in [-0.1, -0.05) is 18.2 Å². The van der Waals surface area contributed by atoms with Gasteiger partial charge in [-0.2, -0.15) is 0 Å². The number of amides is 1. The van der Waals surface area contributed by atoms with Crippen molar-refractivity contribution in [2.75, 3.05) is 19.5 Å². The number of hydrogen-bond donors (Lipinski definition) is 2. The maximum Gasteiger partial charge on any atom is 0.282 e. The van der Waals surface area contributed by atoms with Gasteiger partial charge in [-0.3, -0.25) is 4.79 Å². The minimum absolute atomic E-state index is 0.381. The molecule has 0 saturated heterocycles. The molecule has 29 heavy (non-hydrogen) atoms. The van der Waals surface area contributed by atoms with Gasteiger partial charge in [0.05, 0.1) is 19.8 Å². The summed E-state index contributed by atoms with van der Waals surface area (Å²) in [6.45, 7) is 2.24. The molecule has 2 atom stereocenters. The molecule has 0 fully saturated rings. The maximum atomic E-state index is 13.8. The van der Waals surface area contributed by atoms with Crippen LogP contribution in [-0.4, -0.2) is 26.1 Å². The van der Waals surface area contributed by atoms with Crippen molar-refractivity contribution < 1.29 is 27.6 Å². The van der Waals surface area contributed by atoms with Crippen LogP contribution in [0.15, 0.2) is 48.5 Å². The van der Waals surface area contributed by atoms with Crippen LogP contribution in [0.3, 0.4) is 0 Å². The minimum atomic E-state index is -1.61. The number of nitrogens with one attached hydrogen (secondary N) is 2. The number of quaternary nitrogens is 1. The zero-order valence-corrected chi connectivity index (χ0v) is 16.4. The lowest BCUT2D eigenvalue weighted by Gasteiger charge is -2.21.